The highest BCUT2D eigenvalue weighted by atomic mass is 16.5. The van der Waals surface area contributed by atoms with Crippen LogP contribution in [0, 0.1) is 0 Å². The SMILES string of the molecule is COC(=O)[C@@]1(C)C[C@@H](N2CCOCC2)CCN1. The Hall–Kier alpha value is -0.650. The predicted molar refractivity (Wildman–Crippen MR) is 63.8 cm³/mol. The smallest absolute Gasteiger partial charge is 0.325 e. The summed E-state index contributed by atoms with van der Waals surface area (Å²) in [7, 11) is 1.45. The number of nitrogens with zero attached hydrogens (tertiary/aromatic N) is 1. The zero-order chi connectivity index (χ0) is 12.3. The van der Waals surface area contributed by atoms with Crippen molar-refractivity contribution in [1.29, 1.82) is 0 Å². The van der Waals surface area contributed by atoms with Gasteiger partial charge in [-0.15, -0.1) is 0 Å². The third-order valence-electron chi connectivity index (χ3n) is 3.83. The van der Waals surface area contributed by atoms with Gasteiger partial charge in [0.25, 0.3) is 0 Å². The van der Waals surface area contributed by atoms with Crippen molar-refractivity contribution in [2.75, 3.05) is 40.0 Å². The van der Waals surface area contributed by atoms with Crippen molar-refractivity contribution in [3.05, 3.63) is 0 Å². The van der Waals surface area contributed by atoms with E-state index in [0.29, 0.717) is 6.04 Å². The Labute approximate surface area is 102 Å². The molecule has 2 saturated heterocycles. The fourth-order valence-electron chi connectivity index (χ4n) is 2.80. The molecule has 5 nitrogen and oxygen atoms in total. The number of morpholine rings is 1. The molecule has 0 spiro atoms. The number of hydrogen-bond acceptors (Lipinski definition) is 5. The Kier molecular flexibility index (Phi) is 4.01. The largest absolute Gasteiger partial charge is 0.468 e. The number of nitrogens with one attached hydrogen (secondary N) is 1. The van der Waals surface area contributed by atoms with E-state index in [1.807, 2.05) is 6.92 Å². The third kappa shape index (κ3) is 2.78. The number of ether oxygens (including phenoxy) is 2. The molecule has 2 aliphatic heterocycles. The first kappa shape index (κ1) is 12.8. The lowest BCUT2D eigenvalue weighted by molar-refractivity contribution is -0.150. The molecule has 0 radical (unpaired) electrons. The van der Waals surface area contributed by atoms with E-state index in [9.17, 15) is 4.79 Å². The van der Waals surface area contributed by atoms with Crippen molar-refractivity contribution in [2.24, 2.45) is 0 Å². The Morgan fingerprint density at radius 3 is 2.82 bits per heavy atom. The first-order valence-corrected chi connectivity index (χ1v) is 6.31. The number of piperidine rings is 1. The van der Waals surface area contributed by atoms with Crippen LogP contribution in [-0.4, -0.2) is 62.4 Å². The summed E-state index contributed by atoms with van der Waals surface area (Å²) in [6, 6.07) is 0.462. The Bertz CT molecular complexity index is 279. The van der Waals surface area contributed by atoms with Crippen molar-refractivity contribution < 1.29 is 14.3 Å². The molecule has 2 aliphatic rings. The van der Waals surface area contributed by atoms with Crippen LogP contribution in [0.1, 0.15) is 19.8 Å². The summed E-state index contributed by atoms with van der Waals surface area (Å²) in [5, 5.41) is 3.28. The minimum absolute atomic E-state index is 0.157. The third-order valence-corrected chi connectivity index (χ3v) is 3.83. The van der Waals surface area contributed by atoms with Crippen LogP contribution in [0.3, 0.4) is 0 Å². The standard InChI is InChI=1S/C12H22N2O3/c1-12(11(15)16-2)9-10(3-4-13-12)14-5-7-17-8-6-14/h10,13H,3-9H2,1-2H3/t10-,12+/m0/s1. The van der Waals surface area contributed by atoms with Gasteiger partial charge >= 0.3 is 5.97 Å². The fourth-order valence-corrected chi connectivity index (χ4v) is 2.80. The average Bonchev–Trinajstić information content (AvgIpc) is 2.39. The molecular formula is C12H22N2O3. The van der Waals surface area contributed by atoms with Crippen LogP contribution in [-0.2, 0) is 14.3 Å². The molecule has 0 unspecified atom stereocenters. The summed E-state index contributed by atoms with van der Waals surface area (Å²) in [4.78, 5) is 14.2. The van der Waals surface area contributed by atoms with Gasteiger partial charge in [0.15, 0.2) is 0 Å². The van der Waals surface area contributed by atoms with E-state index in [4.69, 9.17) is 9.47 Å². The summed E-state index contributed by atoms with van der Waals surface area (Å²) >= 11 is 0. The van der Waals surface area contributed by atoms with Gasteiger partial charge in [-0.05, 0) is 26.3 Å². The van der Waals surface area contributed by atoms with E-state index in [2.05, 4.69) is 10.2 Å². The molecule has 17 heavy (non-hydrogen) atoms. The Morgan fingerprint density at radius 2 is 2.18 bits per heavy atom. The summed E-state index contributed by atoms with van der Waals surface area (Å²) in [5.74, 6) is -0.157. The van der Waals surface area contributed by atoms with E-state index >= 15 is 0 Å². The number of rotatable bonds is 2. The van der Waals surface area contributed by atoms with Gasteiger partial charge in [-0.25, -0.2) is 0 Å². The van der Waals surface area contributed by atoms with Crippen LogP contribution in [0.25, 0.3) is 0 Å². The molecule has 0 saturated carbocycles. The molecule has 0 bridgehead atoms. The van der Waals surface area contributed by atoms with Crippen molar-refractivity contribution in [3.63, 3.8) is 0 Å². The number of methoxy groups -OCH3 is 1. The van der Waals surface area contributed by atoms with Gasteiger partial charge in [-0.2, -0.15) is 0 Å². The van der Waals surface area contributed by atoms with Crippen LogP contribution in [0.2, 0.25) is 0 Å². The van der Waals surface area contributed by atoms with Gasteiger partial charge in [-0.1, -0.05) is 0 Å². The molecule has 2 rings (SSSR count). The van der Waals surface area contributed by atoms with Gasteiger partial charge < -0.3 is 14.8 Å². The van der Waals surface area contributed by atoms with Gasteiger partial charge in [-0.3, -0.25) is 9.69 Å². The monoisotopic (exact) mass is 242 g/mol. The van der Waals surface area contributed by atoms with Crippen LogP contribution >= 0.6 is 0 Å². The lowest BCUT2D eigenvalue weighted by Crippen LogP contribution is -2.60. The molecule has 0 amide bonds. The predicted octanol–water partition coefficient (Wildman–Crippen LogP) is 0.00230. The van der Waals surface area contributed by atoms with Gasteiger partial charge in [0.1, 0.15) is 5.54 Å². The van der Waals surface area contributed by atoms with E-state index in [1.165, 1.54) is 7.11 Å². The van der Waals surface area contributed by atoms with Gasteiger partial charge in [0.2, 0.25) is 0 Å². The van der Waals surface area contributed by atoms with Gasteiger partial charge in [0.05, 0.1) is 20.3 Å². The molecule has 5 heteroatoms. The first-order chi connectivity index (χ1) is 8.15. The van der Waals surface area contributed by atoms with Gasteiger partial charge in [0, 0.05) is 19.1 Å². The molecule has 2 atom stereocenters. The number of carbonyl (C=O) groups excluding carboxylic acids is 1. The highest BCUT2D eigenvalue weighted by Crippen LogP contribution is 2.25. The number of hydrogen-bond donors (Lipinski definition) is 1. The Balaban J connectivity index is 1.98. The first-order valence-electron chi connectivity index (χ1n) is 6.31. The molecule has 0 aliphatic carbocycles. The van der Waals surface area contributed by atoms with E-state index in [0.717, 1.165) is 45.7 Å². The zero-order valence-corrected chi connectivity index (χ0v) is 10.7. The zero-order valence-electron chi connectivity index (χ0n) is 10.7. The van der Waals surface area contributed by atoms with Crippen LogP contribution in [0.15, 0.2) is 0 Å². The van der Waals surface area contributed by atoms with E-state index < -0.39 is 5.54 Å². The maximum Gasteiger partial charge on any atom is 0.325 e. The minimum Gasteiger partial charge on any atom is -0.468 e. The second-order valence-corrected chi connectivity index (χ2v) is 5.05. The Morgan fingerprint density at radius 1 is 1.47 bits per heavy atom. The minimum atomic E-state index is -0.532. The lowest BCUT2D eigenvalue weighted by Gasteiger charge is -2.43. The fraction of sp³-hybridized carbons (Fsp3) is 0.917. The summed E-state index contributed by atoms with van der Waals surface area (Å²) < 4.78 is 10.2. The maximum absolute atomic E-state index is 11.8. The van der Waals surface area contributed by atoms with Crippen molar-refractivity contribution in [2.45, 2.75) is 31.3 Å². The van der Waals surface area contributed by atoms with Crippen LogP contribution in [0.5, 0.6) is 0 Å². The highest BCUT2D eigenvalue weighted by molar-refractivity contribution is 5.80. The molecular weight excluding hydrogens is 220 g/mol. The summed E-state index contributed by atoms with van der Waals surface area (Å²) in [6.45, 7) is 6.36. The molecule has 98 valence electrons. The second kappa shape index (κ2) is 5.33. The van der Waals surface area contributed by atoms with E-state index in [1.54, 1.807) is 0 Å². The molecule has 0 aromatic carbocycles. The quantitative estimate of drug-likeness (QED) is 0.691. The maximum atomic E-state index is 11.8. The van der Waals surface area contributed by atoms with Crippen molar-refractivity contribution in [3.8, 4) is 0 Å². The molecule has 0 aromatic heterocycles. The number of esters is 1. The van der Waals surface area contributed by atoms with Crippen LogP contribution in [0.4, 0.5) is 0 Å². The summed E-state index contributed by atoms with van der Waals surface area (Å²) in [5.41, 5.74) is -0.532. The normalized spacial score (nSPS) is 35.5. The van der Waals surface area contributed by atoms with Crippen molar-refractivity contribution in [1.82, 2.24) is 10.2 Å². The molecule has 1 N–H and O–H groups in total. The molecule has 2 fully saturated rings. The summed E-state index contributed by atoms with van der Waals surface area (Å²) in [6.07, 6.45) is 1.91. The molecule has 0 aromatic rings. The van der Waals surface area contributed by atoms with Crippen LogP contribution < -0.4 is 5.32 Å². The highest BCUT2D eigenvalue weighted by Gasteiger charge is 2.41. The van der Waals surface area contributed by atoms with Crippen molar-refractivity contribution >= 4 is 5.97 Å². The van der Waals surface area contributed by atoms with E-state index in [-0.39, 0.29) is 5.97 Å². The lowest BCUT2D eigenvalue weighted by atomic mass is 9.86. The second-order valence-electron chi connectivity index (χ2n) is 5.05. The topological polar surface area (TPSA) is 50.8 Å². The molecule has 2 heterocycles. The average molecular weight is 242 g/mol. The number of carbonyl (C=O) groups is 1.